The van der Waals surface area contributed by atoms with Crippen molar-refractivity contribution >= 4 is 34.3 Å². The van der Waals surface area contributed by atoms with E-state index in [4.69, 9.17) is 5.73 Å². The van der Waals surface area contributed by atoms with Crippen LogP contribution in [0, 0.1) is 10.1 Å². The fourth-order valence-corrected chi connectivity index (χ4v) is 2.93. The largest absolute Gasteiger partial charge is 0.477 e. The molecule has 1 aliphatic rings. The molecule has 0 unspecified atom stereocenters. The van der Waals surface area contributed by atoms with Crippen LogP contribution in [0.15, 0.2) is 17.1 Å². The Hall–Kier alpha value is -3.57. The van der Waals surface area contributed by atoms with Crippen LogP contribution in [0.2, 0.25) is 0 Å². The van der Waals surface area contributed by atoms with E-state index in [2.05, 4.69) is 4.98 Å². The number of likely N-dealkylation sites (tertiary alicyclic amines) is 1. The van der Waals surface area contributed by atoms with E-state index in [9.17, 15) is 34.0 Å². The minimum Gasteiger partial charge on any atom is -0.477 e. The Labute approximate surface area is 150 Å². The van der Waals surface area contributed by atoms with Crippen molar-refractivity contribution in [3.63, 3.8) is 0 Å². The molecule has 0 spiro atoms. The van der Waals surface area contributed by atoms with Gasteiger partial charge in [0.05, 0.1) is 18.0 Å². The predicted octanol–water partition coefficient (Wildman–Crippen LogP) is 0.156. The molecular formula is C15H14FN5O6. The zero-order chi connectivity index (χ0) is 20.1. The van der Waals surface area contributed by atoms with Gasteiger partial charge < -0.3 is 15.7 Å². The lowest BCUT2D eigenvalue weighted by molar-refractivity contribution is -0.384. The van der Waals surface area contributed by atoms with E-state index >= 15 is 0 Å². The van der Waals surface area contributed by atoms with Crippen LogP contribution in [0.4, 0.5) is 15.8 Å². The van der Waals surface area contributed by atoms with Crippen LogP contribution in [-0.2, 0) is 11.3 Å². The monoisotopic (exact) mass is 379 g/mol. The summed E-state index contributed by atoms with van der Waals surface area (Å²) in [5, 5.41) is 20.1. The molecule has 0 saturated carbocycles. The van der Waals surface area contributed by atoms with Gasteiger partial charge in [-0.1, -0.05) is 0 Å². The second-order valence-corrected chi connectivity index (χ2v) is 6.47. The van der Waals surface area contributed by atoms with Gasteiger partial charge in [-0.2, -0.15) is 0 Å². The molecule has 0 radical (unpaired) electrons. The average Bonchev–Trinajstić information content (AvgIpc) is 2.54. The van der Waals surface area contributed by atoms with Crippen molar-refractivity contribution in [2.75, 3.05) is 18.8 Å². The van der Waals surface area contributed by atoms with Crippen LogP contribution >= 0.6 is 0 Å². The van der Waals surface area contributed by atoms with E-state index in [0.717, 1.165) is 16.8 Å². The van der Waals surface area contributed by atoms with E-state index < -0.39 is 45.8 Å². The summed E-state index contributed by atoms with van der Waals surface area (Å²) in [5.74, 6) is -2.20. The fraction of sp³-hybridized carbons (Fsp3) is 0.333. The molecule has 1 aliphatic heterocycles. The summed E-state index contributed by atoms with van der Waals surface area (Å²) in [5.41, 5.74) is 1.36. The van der Waals surface area contributed by atoms with Gasteiger partial charge in [0.15, 0.2) is 0 Å². The number of rotatable bonds is 4. The van der Waals surface area contributed by atoms with Crippen LogP contribution in [0.3, 0.4) is 0 Å². The number of amides is 1. The second-order valence-electron chi connectivity index (χ2n) is 6.47. The first-order valence-corrected chi connectivity index (χ1v) is 7.68. The molecule has 1 amide bonds. The van der Waals surface area contributed by atoms with Crippen LogP contribution < -0.4 is 11.3 Å². The number of carboxylic acid groups (broad SMARTS) is 1. The van der Waals surface area contributed by atoms with Gasteiger partial charge in [-0.25, -0.2) is 14.2 Å². The maximum Gasteiger partial charge on any atom is 0.341 e. The molecule has 2 aromatic heterocycles. The molecule has 1 fully saturated rings. The van der Waals surface area contributed by atoms with E-state index in [1.165, 1.54) is 11.8 Å². The lowest BCUT2D eigenvalue weighted by Crippen LogP contribution is -2.60. The number of carbonyl (C=O) groups is 2. The summed E-state index contributed by atoms with van der Waals surface area (Å²) in [6.07, 6.45) is 0.820. The first-order valence-electron chi connectivity index (χ1n) is 7.68. The van der Waals surface area contributed by atoms with Gasteiger partial charge in [0.25, 0.3) is 5.56 Å². The first-order chi connectivity index (χ1) is 12.5. The summed E-state index contributed by atoms with van der Waals surface area (Å²) < 4.78 is 14.4. The summed E-state index contributed by atoms with van der Waals surface area (Å²) in [6.45, 7) is 0.415. The molecule has 3 rings (SSSR count). The third-order valence-corrected chi connectivity index (χ3v) is 4.25. The highest BCUT2D eigenvalue weighted by Crippen LogP contribution is 2.29. The number of hydrogen-bond donors (Lipinski definition) is 2. The maximum atomic E-state index is 13.6. The third-order valence-electron chi connectivity index (χ3n) is 4.25. The lowest BCUT2D eigenvalue weighted by atomic mass is 9.99. The number of nitrogen functional groups attached to an aromatic ring is 1. The molecule has 0 aromatic carbocycles. The highest BCUT2D eigenvalue weighted by atomic mass is 19.1. The molecule has 12 heteroatoms. The Kier molecular flexibility index (Phi) is 4.05. The second kappa shape index (κ2) is 6.00. The van der Waals surface area contributed by atoms with E-state index in [0.29, 0.717) is 0 Å². The van der Waals surface area contributed by atoms with Crippen molar-refractivity contribution in [1.82, 2.24) is 14.5 Å². The number of carbonyl (C=O) groups excluding carboxylic acids is 1. The van der Waals surface area contributed by atoms with Crippen molar-refractivity contribution in [1.29, 1.82) is 0 Å². The number of nitro groups is 1. The topological polar surface area (TPSA) is 162 Å². The van der Waals surface area contributed by atoms with Gasteiger partial charge in [0.2, 0.25) is 5.91 Å². The molecule has 3 N–H and O–H groups in total. The molecule has 0 bridgehead atoms. The van der Waals surface area contributed by atoms with Gasteiger partial charge in [-0.15, -0.1) is 0 Å². The van der Waals surface area contributed by atoms with Gasteiger partial charge in [-0.3, -0.25) is 24.3 Å². The fourth-order valence-electron chi connectivity index (χ4n) is 2.93. The van der Waals surface area contributed by atoms with Crippen molar-refractivity contribution in [3.05, 3.63) is 38.3 Å². The van der Waals surface area contributed by atoms with Gasteiger partial charge in [0, 0.05) is 5.39 Å². The zero-order valence-electron chi connectivity index (χ0n) is 14.0. The Balaban J connectivity index is 2.15. The Morgan fingerprint density at radius 2 is 2.11 bits per heavy atom. The van der Waals surface area contributed by atoms with Crippen molar-refractivity contribution < 1.29 is 24.0 Å². The molecule has 2 aromatic rings. The number of aromatic carboxylic acids is 1. The van der Waals surface area contributed by atoms with Crippen molar-refractivity contribution in [2.24, 2.45) is 0 Å². The van der Waals surface area contributed by atoms with Crippen molar-refractivity contribution in [3.8, 4) is 0 Å². The maximum absolute atomic E-state index is 13.6. The number of hydrogen-bond acceptors (Lipinski definition) is 7. The van der Waals surface area contributed by atoms with Crippen LogP contribution in [0.25, 0.3) is 11.0 Å². The molecular weight excluding hydrogens is 365 g/mol. The predicted molar refractivity (Wildman–Crippen MR) is 90.1 cm³/mol. The number of aromatic nitrogens is 2. The molecule has 1 saturated heterocycles. The first kappa shape index (κ1) is 18.2. The van der Waals surface area contributed by atoms with E-state index in [1.807, 2.05) is 0 Å². The molecule has 0 aliphatic carbocycles. The summed E-state index contributed by atoms with van der Waals surface area (Å²) in [4.78, 5) is 51.3. The third kappa shape index (κ3) is 3.05. The Morgan fingerprint density at radius 3 is 2.63 bits per heavy atom. The number of nitrogens with zero attached hydrogens (tertiary/aromatic N) is 4. The number of anilines is 1. The lowest BCUT2D eigenvalue weighted by Gasteiger charge is -2.42. The normalized spacial score (nSPS) is 15.4. The molecule has 27 heavy (non-hydrogen) atoms. The Bertz CT molecular complexity index is 1050. The number of fused-ring (bicyclic) bond motifs is 1. The van der Waals surface area contributed by atoms with E-state index in [-0.39, 0.29) is 29.8 Å². The molecule has 11 nitrogen and oxygen atoms in total. The minimum absolute atomic E-state index is 0.145. The van der Waals surface area contributed by atoms with Crippen LogP contribution in [-0.4, -0.2) is 55.1 Å². The zero-order valence-corrected chi connectivity index (χ0v) is 14.0. The number of pyridine rings is 2. The summed E-state index contributed by atoms with van der Waals surface area (Å²) in [6, 6.07) is 0.887. The highest BCUT2D eigenvalue weighted by molar-refractivity contribution is 5.98. The standard InChI is InChI=1S/C15H14FN5O6/c1-15(16)5-19(6-15)10(22)4-20-12-7(2-8(13(20)23)14(24)25)11(17)9(3-18-12)21(26)27/h2-3H,4-6H2,1H3,(H2,17,18)(H,24,25). The quantitative estimate of drug-likeness (QED) is 0.560. The number of carboxylic acids is 1. The van der Waals surface area contributed by atoms with Crippen molar-refractivity contribution in [2.45, 2.75) is 19.1 Å². The number of nitrogens with two attached hydrogens (primary N) is 1. The number of alkyl halides is 1. The number of halogens is 1. The molecule has 3 heterocycles. The average molecular weight is 379 g/mol. The smallest absolute Gasteiger partial charge is 0.341 e. The summed E-state index contributed by atoms with van der Waals surface area (Å²) in [7, 11) is 0. The van der Waals surface area contributed by atoms with E-state index in [1.54, 1.807) is 0 Å². The Morgan fingerprint density at radius 1 is 1.48 bits per heavy atom. The molecule has 142 valence electrons. The van der Waals surface area contributed by atoms with Crippen LogP contribution in [0.5, 0.6) is 0 Å². The highest BCUT2D eigenvalue weighted by Gasteiger charge is 2.41. The van der Waals surface area contributed by atoms with Gasteiger partial charge in [0.1, 0.15) is 35.3 Å². The van der Waals surface area contributed by atoms with Gasteiger partial charge in [-0.05, 0) is 13.0 Å². The van der Waals surface area contributed by atoms with Crippen LogP contribution in [0.1, 0.15) is 17.3 Å². The SMILES string of the molecule is CC1(F)CN(C(=O)Cn2c(=O)c(C(=O)O)cc3c(N)c([N+](=O)[O-])cnc32)C1. The van der Waals surface area contributed by atoms with Gasteiger partial charge >= 0.3 is 11.7 Å². The summed E-state index contributed by atoms with van der Waals surface area (Å²) >= 11 is 0. The molecule has 0 atom stereocenters. The minimum atomic E-state index is -1.59.